The van der Waals surface area contributed by atoms with E-state index < -0.39 is 10.9 Å². The molecule has 2 aromatic carbocycles. The van der Waals surface area contributed by atoms with E-state index in [2.05, 4.69) is 10.3 Å². The number of nitrogens with zero attached hydrogens (tertiary/aromatic N) is 2. The van der Waals surface area contributed by atoms with Crippen LogP contribution in [0.5, 0.6) is 0 Å². The maximum absolute atomic E-state index is 12.1. The zero-order chi connectivity index (χ0) is 24.8. The molecule has 3 rings (SSSR count). The van der Waals surface area contributed by atoms with E-state index in [4.69, 9.17) is 4.74 Å². The first kappa shape index (κ1) is 24.6. The Morgan fingerprint density at radius 1 is 1.09 bits per heavy atom. The van der Waals surface area contributed by atoms with Crippen LogP contribution in [0.1, 0.15) is 52.6 Å². The van der Waals surface area contributed by atoms with Crippen molar-refractivity contribution in [2.75, 3.05) is 12.4 Å². The maximum atomic E-state index is 12.1. The lowest BCUT2D eigenvalue weighted by molar-refractivity contribution is -0.386. The molecule has 176 valence electrons. The number of anilines is 1. The molecule has 0 aliphatic carbocycles. The monoisotopic (exact) mass is 461 g/mol. The van der Waals surface area contributed by atoms with Gasteiger partial charge >= 0.3 is 5.97 Å². The quantitative estimate of drug-likeness (QED) is 0.273. The van der Waals surface area contributed by atoms with Crippen molar-refractivity contribution in [2.45, 2.75) is 40.0 Å². The Morgan fingerprint density at radius 2 is 1.76 bits per heavy atom. The third-order valence-electron chi connectivity index (χ3n) is 5.56. The van der Waals surface area contributed by atoms with E-state index in [0.29, 0.717) is 41.0 Å². The number of nitro groups is 1. The van der Waals surface area contributed by atoms with Crippen LogP contribution in [0.25, 0.3) is 11.1 Å². The predicted molar refractivity (Wildman–Crippen MR) is 130 cm³/mol. The van der Waals surface area contributed by atoms with Gasteiger partial charge in [0.1, 0.15) is 5.69 Å². The number of hydrogen-bond donors (Lipinski definition) is 1. The largest absolute Gasteiger partial charge is 0.465 e. The average Bonchev–Trinajstić information content (AvgIpc) is 2.81. The molecule has 1 N–H and O–H groups in total. The molecule has 8 heteroatoms. The number of methoxy groups -OCH3 is 1. The Kier molecular flexibility index (Phi) is 7.73. The van der Waals surface area contributed by atoms with Crippen LogP contribution in [0.3, 0.4) is 0 Å². The standard InChI is InChI=1S/C26H27N3O5/c1-5-8-23(30)28-24-16(2)25(29(32)33)22(27-17(24)3)15-18-11-13-19(14-12-18)20-9-6-7-10-21(20)26(31)34-4/h6-7,9-14H,5,8,15H2,1-4H3,(H,28,30). The van der Waals surface area contributed by atoms with Crippen LogP contribution in [0.2, 0.25) is 0 Å². The summed E-state index contributed by atoms with van der Waals surface area (Å²) in [5.41, 5.74) is 4.40. The minimum atomic E-state index is -0.451. The van der Waals surface area contributed by atoms with Crippen molar-refractivity contribution < 1.29 is 19.2 Å². The number of carbonyl (C=O) groups is 2. The molecule has 0 spiro atoms. The maximum Gasteiger partial charge on any atom is 0.338 e. The van der Waals surface area contributed by atoms with E-state index in [9.17, 15) is 19.7 Å². The second kappa shape index (κ2) is 10.7. The Balaban J connectivity index is 1.94. The summed E-state index contributed by atoms with van der Waals surface area (Å²) in [5.74, 6) is -0.614. The van der Waals surface area contributed by atoms with Gasteiger partial charge in [-0.1, -0.05) is 49.4 Å². The highest BCUT2D eigenvalue weighted by molar-refractivity contribution is 5.97. The number of aromatic nitrogens is 1. The Bertz CT molecular complexity index is 1240. The molecule has 3 aromatic rings. The lowest BCUT2D eigenvalue weighted by Gasteiger charge is -2.14. The minimum Gasteiger partial charge on any atom is -0.465 e. The van der Waals surface area contributed by atoms with Gasteiger partial charge in [0.2, 0.25) is 5.91 Å². The first-order chi connectivity index (χ1) is 16.3. The van der Waals surface area contributed by atoms with Crippen molar-refractivity contribution in [3.05, 3.63) is 86.7 Å². The van der Waals surface area contributed by atoms with Crippen LogP contribution in [0.15, 0.2) is 48.5 Å². The summed E-state index contributed by atoms with van der Waals surface area (Å²) in [6.07, 6.45) is 1.26. The van der Waals surface area contributed by atoms with Crippen LogP contribution < -0.4 is 5.32 Å². The summed E-state index contributed by atoms with van der Waals surface area (Å²) in [7, 11) is 1.34. The summed E-state index contributed by atoms with van der Waals surface area (Å²) < 4.78 is 4.87. The van der Waals surface area contributed by atoms with Crippen molar-refractivity contribution >= 4 is 23.3 Å². The molecular weight excluding hydrogens is 434 g/mol. The summed E-state index contributed by atoms with van der Waals surface area (Å²) in [6.45, 7) is 5.25. The van der Waals surface area contributed by atoms with E-state index in [-0.39, 0.29) is 18.0 Å². The molecule has 0 radical (unpaired) electrons. The lowest BCUT2D eigenvalue weighted by Crippen LogP contribution is -2.15. The topological polar surface area (TPSA) is 111 Å². The highest BCUT2D eigenvalue weighted by Crippen LogP contribution is 2.33. The van der Waals surface area contributed by atoms with Crippen molar-refractivity contribution in [1.82, 2.24) is 4.98 Å². The van der Waals surface area contributed by atoms with Crippen LogP contribution in [-0.4, -0.2) is 28.9 Å². The molecular formula is C26H27N3O5. The number of hydrogen-bond acceptors (Lipinski definition) is 6. The third-order valence-corrected chi connectivity index (χ3v) is 5.56. The van der Waals surface area contributed by atoms with Crippen LogP contribution in [0, 0.1) is 24.0 Å². The summed E-state index contributed by atoms with van der Waals surface area (Å²) in [6, 6.07) is 14.6. The van der Waals surface area contributed by atoms with Gasteiger partial charge in [-0.3, -0.25) is 14.9 Å². The highest BCUT2D eigenvalue weighted by atomic mass is 16.6. The third kappa shape index (κ3) is 5.28. The number of benzene rings is 2. The second-order valence-electron chi connectivity index (χ2n) is 7.96. The predicted octanol–water partition coefficient (Wildman–Crippen LogP) is 5.39. The molecule has 1 heterocycles. The molecule has 1 amide bonds. The second-order valence-corrected chi connectivity index (χ2v) is 7.96. The number of rotatable bonds is 8. The summed E-state index contributed by atoms with van der Waals surface area (Å²) in [4.78, 5) is 40.1. The Morgan fingerprint density at radius 3 is 2.38 bits per heavy atom. The molecule has 0 unspecified atom stereocenters. The normalized spacial score (nSPS) is 10.6. The average molecular weight is 462 g/mol. The van der Waals surface area contributed by atoms with Gasteiger partial charge in [-0.05, 0) is 43.0 Å². The van der Waals surface area contributed by atoms with Gasteiger partial charge in [0.15, 0.2) is 0 Å². The van der Waals surface area contributed by atoms with Gasteiger partial charge in [-0.25, -0.2) is 9.78 Å². The fraction of sp³-hybridized carbons (Fsp3) is 0.269. The number of aryl methyl sites for hydroxylation is 1. The van der Waals surface area contributed by atoms with Gasteiger partial charge in [0, 0.05) is 12.8 Å². The SMILES string of the molecule is CCCC(=O)Nc1c(C)nc(Cc2ccc(-c3ccccc3C(=O)OC)cc2)c([N+](=O)[O-])c1C. The fourth-order valence-corrected chi connectivity index (χ4v) is 3.91. The molecule has 0 saturated carbocycles. The molecule has 0 atom stereocenters. The van der Waals surface area contributed by atoms with Crippen molar-refractivity contribution in [1.29, 1.82) is 0 Å². The molecule has 0 aliphatic rings. The van der Waals surface area contributed by atoms with Gasteiger partial charge < -0.3 is 10.1 Å². The summed E-state index contributed by atoms with van der Waals surface area (Å²) >= 11 is 0. The molecule has 0 aliphatic heterocycles. The first-order valence-corrected chi connectivity index (χ1v) is 11.0. The van der Waals surface area contributed by atoms with Crippen molar-refractivity contribution in [2.24, 2.45) is 0 Å². The number of pyridine rings is 1. The lowest BCUT2D eigenvalue weighted by atomic mass is 9.97. The number of carbonyl (C=O) groups excluding carboxylic acids is 2. The van der Waals surface area contributed by atoms with Gasteiger partial charge in [0.25, 0.3) is 5.69 Å². The molecule has 34 heavy (non-hydrogen) atoms. The number of ether oxygens (including phenoxy) is 1. The van der Waals surface area contributed by atoms with E-state index in [0.717, 1.165) is 16.7 Å². The number of nitrogens with one attached hydrogen (secondary N) is 1. The first-order valence-electron chi connectivity index (χ1n) is 11.0. The zero-order valence-corrected chi connectivity index (χ0v) is 19.7. The van der Waals surface area contributed by atoms with E-state index >= 15 is 0 Å². The molecule has 8 nitrogen and oxygen atoms in total. The van der Waals surface area contributed by atoms with Crippen LogP contribution >= 0.6 is 0 Å². The van der Waals surface area contributed by atoms with Crippen LogP contribution in [0.4, 0.5) is 11.4 Å². The van der Waals surface area contributed by atoms with E-state index in [1.807, 2.05) is 43.3 Å². The smallest absolute Gasteiger partial charge is 0.338 e. The molecule has 0 fully saturated rings. The van der Waals surface area contributed by atoms with Crippen molar-refractivity contribution in [3.63, 3.8) is 0 Å². The van der Waals surface area contributed by atoms with Crippen molar-refractivity contribution in [3.8, 4) is 11.1 Å². The number of amides is 1. The van der Waals surface area contributed by atoms with Gasteiger partial charge in [-0.15, -0.1) is 0 Å². The van der Waals surface area contributed by atoms with E-state index in [1.54, 1.807) is 26.0 Å². The molecule has 0 bridgehead atoms. The van der Waals surface area contributed by atoms with Gasteiger partial charge in [-0.2, -0.15) is 0 Å². The highest BCUT2D eigenvalue weighted by Gasteiger charge is 2.25. The Labute approximate surface area is 198 Å². The minimum absolute atomic E-state index is 0.0995. The molecule has 1 aromatic heterocycles. The zero-order valence-electron chi connectivity index (χ0n) is 19.7. The van der Waals surface area contributed by atoms with Crippen LogP contribution in [-0.2, 0) is 16.0 Å². The van der Waals surface area contributed by atoms with Gasteiger partial charge in [0.05, 0.1) is 34.5 Å². The fourth-order valence-electron chi connectivity index (χ4n) is 3.91. The molecule has 0 saturated heterocycles. The number of esters is 1. The van der Waals surface area contributed by atoms with E-state index in [1.165, 1.54) is 7.11 Å². The summed E-state index contributed by atoms with van der Waals surface area (Å²) in [5, 5.41) is 14.7. The Hall–Kier alpha value is -4.07.